The molecule has 0 atom stereocenters. The first-order chi connectivity index (χ1) is 9.37. The van der Waals surface area contributed by atoms with E-state index in [0.29, 0.717) is 10.5 Å². The van der Waals surface area contributed by atoms with Gasteiger partial charge in [0.15, 0.2) is 16.3 Å². The third kappa shape index (κ3) is 2.07. The molecule has 2 heterocycles. The molecule has 1 aliphatic rings. The van der Waals surface area contributed by atoms with Gasteiger partial charge >= 0.3 is 6.29 Å². The first-order valence-corrected chi connectivity index (χ1v) is 6.49. The SMILES string of the molecule is CC(C)c1c[nH]c(=S)n1-c1ccc2c(c1)OC(F)(F)O2. The first-order valence-electron chi connectivity index (χ1n) is 6.08. The van der Waals surface area contributed by atoms with Gasteiger partial charge in [-0.25, -0.2) is 0 Å². The number of rotatable bonds is 2. The lowest BCUT2D eigenvalue weighted by Crippen LogP contribution is -2.25. The molecule has 106 valence electrons. The summed E-state index contributed by atoms with van der Waals surface area (Å²) in [7, 11) is 0. The van der Waals surface area contributed by atoms with E-state index in [4.69, 9.17) is 12.2 Å². The van der Waals surface area contributed by atoms with E-state index in [-0.39, 0.29) is 17.4 Å². The van der Waals surface area contributed by atoms with E-state index in [9.17, 15) is 8.78 Å². The molecule has 0 unspecified atom stereocenters. The molecule has 20 heavy (non-hydrogen) atoms. The van der Waals surface area contributed by atoms with Gasteiger partial charge in [-0.1, -0.05) is 13.8 Å². The van der Waals surface area contributed by atoms with Gasteiger partial charge in [-0.15, -0.1) is 8.78 Å². The summed E-state index contributed by atoms with van der Waals surface area (Å²) in [6.07, 6.45) is -1.80. The summed E-state index contributed by atoms with van der Waals surface area (Å²) in [5.41, 5.74) is 1.61. The smallest absolute Gasteiger partial charge is 0.395 e. The van der Waals surface area contributed by atoms with Crippen LogP contribution in [0.15, 0.2) is 24.4 Å². The second-order valence-electron chi connectivity index (χ2n) is 4.81. The molecule has 1 aromatic carbocycles. The summed E-state index contributed by atoms with van der Waals surface area (Å²) < 4.78 is 37.2. The molecule has 0 aliphatic carbocycles. The lowest BCUT2D eigenvalue weighted by atomic mass is 10.1. The molecule has 0 fully saturated rings. The van der Waals surface area contributed by atoms with Crippen molar-refractivity contribution in [3.05, 3.63) is 34.9 Å². The summed E-state index contributed by atoms with van der Waals surface area (Å²) in [6, 6.07) is 4.61. The minimum absolute atomic E-state index is 0.00491. The zero-order valence-electron chi connectivity index (χ0n) is 10.8. The van der Waals surface area contributed by atoms with Gasteiger partial charge in [0.2, 0.25) is 0 Å². The number of aromatic amines is 1. The van der Waals surface area contributed by atoms with E-state index >= 15 is 0 Å². The summed E-state index contributed by atoms with van der Waals surface area (Å²) in [5.74, 6) is 0.257. The Balaban J connectivity index is 2.10. The number of ether oxygens (including phenoxy) is 2. The fourth-order valence-electron chi connectivity index (χ4n) is 2.15. The number of imidazole rings is 1. The molecule has 0 bridgehead atoms. The van der Waals surface area contributed by atoms with Crippen molar-refractivity contribution < 1.29 is 18.3 Å². The van der Waals surface area contributed by atoms with Crippen LogP contribution in [0.5, 0.6) is 11.5 Å². The molecule has 0 saturated carbocycles. The molecule has 1 N–H and O–H groups in total. The van der Waals surface area contributed by atoms with Crippen molar-refractivity contribution in [1.82, 2.24) is 9.55 Å². The number of fused-ring (bicyclic) bond motifs is 1. The zero-order chi connectivity index (χ0) is 14.5. The lowest BCUT2D eigenvalue weighted by Gasteiger charge is -2.11. The summed E-state index contributed by atoms with van der Waals surface area (Å²) in [4.78, 5) is 2.96. The molecule has 1 aliphatic heterocycles. The van der Waals surface area contributed by atoms with Crippen LogP contribution in [-0.4, -0.2) is 15.8 Å². The highest BCUT2D eigenvalue weighted by atomic mass is 32.1. The molecular weight excluding hydrogens is 286 g/mol. The molecule has 0 amide bonds. The van der Waals surface area contributed by atoms with Gasteiger partial charge in [0.1, 0.15) is 0 Å². The molecule has 2 aromatic rings. The van der Waals surface area contributed by atoms with Gasteiger partial charge in [0.25, 0.3) is 0 Å². The summed E-state index contributed by atoms with van der Waals surface area (Å²) >= 11 is 5.23. The van der Waals surface area contributed by atoms with Gasteiger partial charge in [-0.3, -0.25) is 4.57 Å². The van der Waals surface area contributed by atoms with Crippen LogP contribution in [0.2, 0.25) is 0 Å². The Labute approximate surface area is 118 Å². The number of nitrogens with zero attached hydrogens (tertiary/aromatic N) is 1. The Hall–Kier alpha value is -1.89. The predicted molar refractivity (Wildman–Crippen MR) is 71.2 cm³/mol. The number of hydrogen-bond donors (Lipinski definition) is 1. The van der Waals surface area contributed by atoms with Crippen LogP contribution >= 0.6 is 12.2 Å². The maximum absolute atomic E-state index is 13.0. The topological polar surface area (TPSA) is 39.2 Å². The maximum Gasteiger partial charge on any atom is 0.586 e. The van der Waals surface area contributed by atoms with Crippen LogP contribution in [0, 0.1) is 4.77 Å². The third-order valence-electron chi connectivity index (χ3n) is 3.04. The largest absolute Gasteiger partial charge is 0.586 e. The highest BCUT2D eigenvalue weighted by Gasteiger charge is 2.43. The second-order valence-corrected chi connectivity index (χ2v) is 5.19. The van der Waals surface area contributed by atoms with Crippen molar-refractivity contribution in [2.45, 2.75) is 26.1 Å². The number of alkyl halides is 2. The van der Waals surface area contributed by atoms with Crippen molar-refractivity contribution in [3.63, 3.8) is 0 Å². The normalized spacial score (nSPS) is 15.8. The van der Waals surface area contributed by atoms with Gasteiger partial charge < -0.3 is 14.5 Å². The minimum atomic E-state index is -3.61. The van der Waals surface area contributed by atoms with Crippen LogP contribution in [0.3, 0.4) is 0 Å². The Morgan fingerprint density at radius 1 is 1.25 bits per heavy atom. The Bertz CT molecular complexity index is 721. The van der Waals surface area contributed by atoms with Crippen molar-refractivity contribution in [1.29, 1.82) is 0 Å². The Kier molecular flexibility index (Phi) is 2.82. The van der Waals surface area contributed by atoms with Crippen LogP contribution in [-0.2, 0) is 0 Å². The minimum Gasteiger partial charge on any atom is -0.395 e. The van der Waals surface area contributed by atoms with E-state index in [2.05, 4.69) is 14.5 Å². The molecule has 3 rings (SSSR count). The number of hydrogen-bond acceptors (Lipinski definition) is 3. The van der Waals surface area contributed by atoms with E-state index in [1.165, 1.54) is 12.1 Å². The summed E-state index contributed by atoms with van der Waals surface area (Å²) in [5, 5.41) is 0. The monoisotopic (exact) mass is 298 g/mol. The van der Waals surface area contributed by atoms with Gasteiger partial charge in [0, 0.05) is 18.0 Å². The number of benzene rings is 1. The molecular formula is C13H12F2N2O2S. The van der Waals surface area contributed by atoms with Gasteiger partial charge in [-0.2, -0.15) is 0 Å². The standard InChI is InChI=1S/C13H12F2N2O2S/c1-7(2)9-6-16-12(20)17(9)8-3-4-10-11(5-8)19-13(14,15)18-10/h3-7H,1-2H3,(H,16,20). The fourth-order valence-corrected chi connectivity index (χ4v) is 2.42. The van der Waals surface area contributed by atoms with E-state index in [1.807, 2.05) is 20.0 Å². The van der Waals surface area contributed by atoms with Gasteiger partial charge in [0.05, 0.1) is 5.69 Å². The average Bonchev–Trinajstić information content (AvgIpc) is 2.86. The highest BCUT2D eigenvalue weighted by Crippen LogP contribution is 2.42. The van der Waals surface area contributed by atoms with Crippen LogP contribution < -0.4 is 9.47 Å². The second kappa shape index (κ2) is 4.31. The number of H-pyrrole nitrogens is 1. The average molecular weight is 298 g/mol. The van der Waals surface area contributed by atoms with Crippen molar-refractivity contribution >= 4 is 12.2 Å². The highest BCUT2D eigenvalue weighted by molar-refractivity contribution is 7.71. The zero-order valence-corrected chi connectivity index (χ0v) is 11.6. The van der Waals surface area contributed by atoms with Crippen molar-refractivity contribution in [2.75, 3.05) is 0 Å². The van der Waals surface area contributed by atoms with Crippen molar-refractivity contribution in [2.24, 2.45) is 0 Å². The number of nitrogens with one attached hydrogen (secondary N) is 1. The lowest BCUT2D eigenvalue weighted by molar-refractivity contribution is -0.286. The molecule has 1 aromatic heterocycles. The fraction of sp³-hybridized carbons (Fsp3) is 0.308. The Morgan fingerprint density at radius 2 is 1.95 bits per heavy atom. The predicted octanol–water partition coefficient (Wildman–Crippen LogP) is 3.98. The molecule has 0 spiro atoms. The van der Waals surface area contributed by atoms with Gasteiger partial charge in [-0.05, 0) is 30.3 Å². The van der Waals surface area contributed by atoms with E-state index in [0.717, 1.165) is 5.69 Å². The molecule has 0 saturated heterocycles. The van der Waals surface area contributed by atoms with Crippen LogP contribution in [0.25, 0.3) is 5.69 Å². The quantitative estimate of drug-likeness (QED) is 0.852. The Morgan fingerprint density at radius 3 is 2.65 bits per heavy atom. The number of aromatic nitrogens is 2. The van der Waals surface area contributed by atoms with E-state index in [1.54, 1.807) is 10.6 Å². The van der Waals surface area contributed by atoms with Crippen molar-refractivity contribution in [3.8, 4) is 17.2 Å². The summed E-state index contributed by atoms with van der Waals surface area (Å²) in [6.45, 7) is 4.05. The van der Waals surface area contributed by atoms with Crippen LogP contribution in [0.1, 0.15) is 25.5 Å². The third-order valence-corrected chi connectivity index (χ3v) is 3.34. The maximum atomic E-state index is 13.0. The molecule has 7 heteroatoms. The molecule has 4 nitrogen and oxygen atoms in total. The number of halogens is 2. The first kappa shape index (κ1) is 13.1. The van der Waals surface area contributed by atoms with E-state index < -0.39 is 6.29 Å². The molecule has 0 radical (unpaired) electrons. The van der Waals surface area contributed by atoms with Crippen LogP contribution in [0.4, 0.5) is 8.78 Å².